The van der Waals surface area contributed by atoms with Crippen molar-refractivity contribution in [1.82, 2.24) is 14.7 Å². The van der Waals surface area contributed by atoms with E-state index in [2.05, 4.69) is 5.10 Å². The molecule has 1 aromatic heterocycles. The fourth-order valence-corrected chi connectivity index (χ4v) is 3.46. The Labute approximate surface area is 153 Å². The van der Waals surface area contributed by atoms with E-state index in [1.165, 1.54) is 12.8 Å². The van der Waals surface area contributed by atoms with Crippen LogP contribution in [0, 0.1) is 0 Å². The van der Waals surface area contributed by atoms with Crippen LogP contribution in [-0.4, -0.2) is 38.2 Å². The molecule has 0 radical (unpaired) electrons. The van der Waals surface area contributed by atoms with E-state index in [0.717, 1.165) is 18.4 Å². The van der Waals surface area contributed by atoms with E-state index < -0.39 is 5.97 Å². The lowest BCUT2D eigenvalue weighted by Gasteiger charge is -2.22. The van der Waals surface area contributed by atoms with E-state index in [9.17, 15) is 9.59 Å². The summed E-state index contributed by atoms with van der Waals surface area (Å²) < 4.78 is 1.91. The zero-order valence-electron chi connectivity index (χ0n) is 14.9. The van der Waals surface area contributed by atoms with Crippen molar-refractivity contribution in [3.63, 3.8) is 0 Å². The first-order valence-corrected chi connectivity index (χ1v) is 9.23. The van der Waals surface area contributed by atoms with Crippen LogP contribution in [0.15, 0.2) is 42.6 Å². The third-order valence-electron chi connectivity index (χ3n) is 4.85. The number of hydrogen-bond acceptors (Lipinski definition) is 3. The lowest BCUT2D eigenvalue weighted by molar-refractivity contribution is -0.137. The monoisotopic (exact) mass is 355 g/mol. The zero-order chi connectivity index (χ0) is 18.4. The largest absolute Gasteiger partial charge is 0.481 e. The first-order chi connectivity index (χ1) is 12.6. The van der Waals surface area contributed by atoms with Crippen molar-refractivity contribution < 1.29 is 14.7 Å². The maximum absolute atomic E-state index is 13.0. The SMILES string of the molecule is O=C(O)CCCN(Cc1ccccc1)C(=O)c1ccn(C2CCCC2)n1. The molecule has 0 spiro atoms. The standard InChI is InChI=1S/C20H25N3O3/c24-19(25)11-6-13-22(15-16-7-2-1-3-8-16)20(26)18-12-14-23(21-18)17-9-4-5-10-17/h1-3,7-8,12,14,17H,4-6,9-11,13,15H2,(H,24,25). The van der Waals surface area contributed by atoms with Crippen LogP contribution in [-0.2, 0) is 11.3 Å². The highest BCUT2D eigenvalue weighted by atomic mass is 16.4. The van der Waals surface area contributed by atoms with E-state index in [4.69, 9.17) is 5.11 Å². The third-order valence-corrected chi connectivity index (χ3v) is 4.85. The number of aliphatic carboxylic acids is 1. The molecule has 1 fully saturated rings. The van der Waals surface area contributed by atoms with Crippen LogP contribution < -0.4 is 0 Å². The lowest BCUT2D eigenvalue weighted by Crippen LogP contribution is -2.32. The summed E-state index contributed by atoms with van der Waals surface area (Å²) in [6.45, 7) is 0.853. The maximum atomic E-state index is 13.0. The van der Waals surface area contributed by atoms with E-state index in [1.807, 2.05) is 41.2 Å². The summed E-state index contributed by atoms with van der Waals surface area (Å²) in [6.07, 6.45) is 7.02. The van der Waals surface area contributed by atoms with Gasteiger partial charge in [0.15, 0.2) is 0 Å². The molecular formula is C20H25N3O3. The molecule has 1 heterocycles. The van der Waals surface area contributed by atoms with E-state index in [-0.39, 0.29) is 12.3 Å². The number of aromatic nitrogens is 2. The highest BCUT2D eigenvalue weighted by Crippen LogP contribution is 2.28. The van der Waals surface area contributed by atoms with Crippen molar-refractivity contribution in [2.75, 3.05) is 6.54 Å². The van der Waals surface area contributed by atoms with Gasteiger partial charge < -0.3 is 10.0 Å². The summed E-state index contributed by atoms with van der Waals surface area (Å²) in [6, 6.07) is 11.9. The Kier molecular flexibility index (Phi) is 6.04. The molecule has 3 rings (SSSR count). The minimum Gasteiger partial charge on any atom is -0.481 e. The number of hydrogen-bond donors (Lipinski definition) is 1. The molecule has 6 heteroatoms. The third kappa shape index (κ3) is 4.71. The summed E-state index contributed by atoms with van der Waals surface area (Å²) in [4.78, 5) is 25.5. The van der Waals surface area contributed by atoms with Crippen molar-refractivity contribution in [3.05, 3.63) is 53.9 Å². The number of benzene rings is 1. The van der Waals surface area contributed by atoms with Gasteiger partial charge in [0, 0.05) is 25.7 Å². The lowest BCUT2D eigenvalue weighted by atomic mass is 10.2. The second-order valence-electron chi connectivity index (χ2n) is 6.83. The Morgan fingerprint density at radius 2 is 1.88 bits per heavy atom. The van der Waals surface area contributed by atoms with Crippen LogP contribution in [0.2, 0.25) is 0 Å². The quantitative estimate of drug-likeness (QED) is 0.786. The van der Waals surface area contributed by atoms with Crippen molar-refractivity contribution in [2.24, 2.45) is 0 Å². The summed E-state index contributed by atoms with van der Waals surface area (Å²) in [5.74, 6) is -0.987. The van der Waals surface area contributed by atoms with Crippen molar-refractivity contribution in [2.45, 2.75) is 51.1 Å². The topological polar surface area (TPSA) is 75.4 Å². The summed E-state index contributed by atoms with van der Waals surface area (Å²) >= 11 is 0. The molecule has 1 aliphatic rings. The molecule has 0 aliphatic heterocycles. The molecule has 0 bridgehead atoms. The molecule has 138 valence electrons. The number of carbonyl (C=O) groups is 2. The van der Waals surface area contributed by atoms with Gasteiger partial charge in [-0.2, -0.15) is 5.10 Å². The molecule has 1 aromatic carbocycles. The smallest absolute Gasteiger partial charge is 0.303 e. The van der Waals surface area contributed by atoms with Gasteiger partial charge in [-0.1, -0.05) is 43.2 Å². The number of rotatable bonds is 8. The predicted octanol–water partition coefficient (Wildman–Crippen LogP) is 3.51. The maximum Gasteiger partial charge on any atom is 0.303 e. The number of carbonyl (C=O) groups excluding carboxylic acids is 1. The van der Waals surface area contributed by atoms with Crippen LogP contribution in [0.5, 0.6) is 0 Å². The van der Waals surface area contributed by atoms with Crippen LogP contribution in [0.4, 0.5) is 0 Å². The van der Waals surface area contributed by atoms with Gasteiger partial charge in [-0.15, -0.1) is 0 Å². The van der Waals surface area contributed by atoms with Crippen LogP contribution in [0.3, 0.4) is 0 Å². The van der Waals surface area contributed by atoms with Gasteiger partial charge in [-0.25, -0.2) is 0 Å². The number of carboxylic acid groups (broad SMARTS) is 1. The molecule has 2 aromatic rings. The van der Waals surface area contributed by atoms with Crippen LogP contribution in [0.1, 0.15) is 60.6 Å². The number of carboxylic acids is 1. The first kappa shape index (κ1) is 18.2. The second kappa shape index (κ2) is 8.65. The normalized spacial score (nSPS) is 14.5. The second-order valence-corrected chi connectivity index (χ2v) is 6.83. The Morgan fingerprint density at radius 1 is 1.15 bits per heavy atom. The summed E-state index contributed by atoms with van der Waals surface area (Å²) in [7, 11) is 0. The van der Waals surface area contributed by atoms with Gasteiger partial charge in [-0.3, -0.25) is 14.3 Å². The predicted molar refractivity (Wildman–Crippen MR) is 97.8 cm³/mol. The summed E-state index contributed by atoms with van der Waals surface area (Å²) in [5.41, 5.74) is 1.45. The molecule has 0 atom stereocenters. The number of nitrogens with zero attached hydrogens (tertiary/aromatic N) is 3. The van der Waals surface area contributed by atoms with Crippen molar-refractivity contribution >= 4 is 11.9 Å². The highest BCUT2D eigenvalue weighted by Gasteiger charge is 2.22. The molecular weight excluding hydrogens is 330 g/mol. The Balaban J connectivity index is 1.71. The molecule has 1 amide bonds. The molecule has 26 heavy (non-hydrogen) atoms. The van der Waals surface area contributed by atoms with Gasteiger partial charge in [-0.05, 0) is 30.9 Å². The first-order valence-electron chi connectivity index (χ1n) is 9.23. The fourth-order valence-electron chi connectivity index (χ4n) is 3.46. The number of amides is 1. The van der Waals surface area contributed by atoms with Gasteiger partial charge in [0.25, 0.3) is 5.91 Å². The Bertz CT molecular complexity index is 736. The van der Waals surface area contributed by atoms with Crippen molar-refractivity contribution in [1.29, 1.82) is 0 Å². The minimum atomic E-state index is -0.845. The van der Waals surface area contributed by atoms with E-state index in [0.29, 0.717) is 31.2 Å². The molecule has 6 nitrogen and oxygen atoms in total. The Hall–Kier alpha value is -2.63. The summed E-state index contributed by atoms with van der Waals surface area (Å²) in [5, 5.41) is 13.4. The van der Waals surface area contributed by atoms with Gasteiger partial charge in [0.1, 0.15) is 5.69 Å². The fraction of sp³-hybridized carbons (Fsp3) is 0.450. The average Bonchev–Trinajstić information content (AvgIpc) is 3.32. The van der Waals surface area contributed by atoms with Gasteiger partial charge >= 0.3 is 5.97 Å². The molecule has 0 unspecified atom stereocenters. The molecule has 1 saturated carbocycles. The Morgan fingerprint density at radius 3 is 2.58 bits per heavy atom. The van der Waals surface area contributed by atoms with Crippen LogP contribution >= 0.6 is 0 Å². The van der Waals surface area contributed by atoms with E-state index in [1.54, 1.807) is 11.0 Å². The van der Waals surface area contributed by atoms with E-state index >= 15 is 0 Å². The molecule has 1 aliphatic carbocycles. The van der Waals surface area contributed by atoms with Crippen molar-refractivity contribution in [3.8, 4) is 0 Å². The van der Waals surface area contributed by atoms with Crippen LogP contribution in [0.25, 0.3) is 0 Å². The molecule has 0 saturated heterocycles. The average molecular weight is 355 g/mol. The van der Waals surface area contributed by atoms with Gasteiger partial charge in [0.05, 0.1) is 6.04 Å². The highest BCUT2D eigenvalue weighted by molar-refractivity contribution is 5.92. The van der Waals surface area contributed by atoms with Gasteiger partial charge in [0.2, 0.25) is 0 Å². The molecule has 1 N–H and O–H groups in total. The minimum absolute atomic E-state index is 0.0507. The zero-order valence-corrected chi connectivity index (χ0v) is 14.9.